The number of aliphatic imine (C=N–C) groups is 1. The van der Waals surface area contributed by atoms with Crippen LogP contribution >= 0.6 is 0 Å². The van der Waals surface area contributed by atoms with Crippen LogP contribution in [0.5, 0.6) is 0 Å². The second-order valence-electron chi connectivity index (χ2n) is 21.8. The molecule has 8 heteroatoms. The third-order valence-corrected chi connectivity index (χ3v) is 17.1. The molecule has 0 radical (unpaired) electrons. The summed E-state index contributed by atoms with van der Waals surface area (Å²) < 4.78 is 17.9. The quantitative estimate of drug-likeness (QED) is 0.151. The molecule has 0 saturated carbocycles. The summed E-state index contributed by atoms with van der Waals surface area (Å²) in [6.07, 6.45) is 22.8. The van der Waals surface area contributed by atoms with E-state index >= 15 is 0 Å². The first kappa shape index (κ1) is 46.2. The summed E-state index contributed by atoms with van der Waals surface area (Å²) in [6, 6.07) is 68.0. The first-order valence-corrected chi connectivity index (χ1v) is 28.0. The Balaban J connectivity index is 0.705. The highest BCUT2D eigenvalue weighted by atomic mass is 16.3. The lowest BCUT2D eigenvalue weighted by Gasteiger charge is -2.19. The molecule has 82 heavy (non-hydrogen) atoms. The molecule has 0 fully saturated rings. The van der Waals surface area contributed by atoms with Crippen molar-refractivity contribution in [3.63, 3.8) is 0 Å². The van der Waals surface area contributed by atoms with Gasteiger partial charge in [0.2, 0.25) is 0 Å². The molecule has 0 N–H and O–H groups in total. The van der Waals surface area contributed by atoms with Crippen molar-refractivity contribution in [1.29, 1.82) is 0 Å². The largest absolute Gasteiger partial charge is 0.456 e. The van der Waals surface area contributed by atoms with Gasteiger partial charge >= 0.3 is 0 Å². The maximum Gasteiger partial charge on any atom is 0.135 e. The number of benzene rings is 8. The zero-order valence-electron chi connectivity index (χ0n) is 44.4. The summed E-state index contributed by atoms with van der Waals surface area (Å²) in [5, 5.41) is 7.95. The Morgan fingerprint density at radius 1 is 0.390 bits per heavy atom. The normalized spacial score (nSPS) is 14.3. The summed E-state index contributed by atoms with van der Waals surface area (Å²) in [6.45, 7) is 0. The molecule has 0 amide bonds. The van der Waals surface area contributed by atoms with E-state index in [-0.39, 0.29) is 5.92 Å². The van der Waals surface area contributed by atoms with E-state index in [1.165, 1.54) is 49.6 Å². The third kappa shape index (κ3) is 7.52. The topological polar surface area (TPSA) is 87.2 Å². The Hall–Kier alpha value is -10.7. The number of para-hydroxylation sites is 2. The van der Waals surface area contributed by atoms with E-state index in [4.69, 9.17) is 13.8 Å². The van der Waals surface area contributed by atoms with Gasteiger partial charge in [0.25, 0.3) is 0 Å². The van der Waals surface area contributed by atoms with Gasteiger partial charge in [0.05, 0.1) is 16.6 Å². The molecule has 15 aromatic rings. The van der Waals surface area contributed by atoms with Crippen LogP contribution in [0.25, 0.3) is 144 Å². The predicted molar refractivity (Wildman–Crippen MR) is 335 cm³/mol. The predicted octanol–water partition coefficient (Wildman–Crippen LogP) is 18.9. The number of rotatable bonds is 8. The van der Waals surface area contributed by atoms with Gasteiger partial charge in [-0.1, -0.05) is 84.9 Å². The molecule has 0 saturated heterocycles. The van der Waals surface area contributed by atoms with Gasteiger partial charge in [-0.05, 0) is 179 Å². The van der Waals surface area contributed by atoms with E-state index in [2.05, 4.69) is 218 Å². The number of fused-ring (bicyclic) bond motifs is 12. The van der Waals surface area contributed by atoms with Gasteiger partial charge in [0.15, 0.2) is 0 Å². The van der Waals surface area contributed by atoms with Crippen LogP contribution in [0.3, 0.4) is 0 Å². The zero-order valence-corrected chi connectivity index (χ0v) is 44.4. The van der Waals surface area contributed by atoms with Crippen LogP contribution in [-0.2, 0) is 6.42 Å². The number of aromatic nitrogens is 5. The average Bonchev–Trinajstić information content (AvgIpc) is 4.48. The Labute approximate surface area is 470 Å². The highest BCUT2D eigenvalue weighted by molar-refractivity contribution is 6.12. The molecule has 1 atom stereocenters. The molecular weight excluding hydrogens is 1000 g/mol. The lowest BCUT2D eigenvalue weighted by molar-refractivity contribution is 0.668. The fourth-order valence-corrected chi connectivity index (χ4v) is 13.1. The number of furan rings is 2. The van der Waals surface area contributed by atoms with E-state index in [9.17, 15) is 0 Å². The average molecular weight is 1050 g/mol. The van der Waals surface area contributed by atoms with E-state index < -0.39 is 0 Å². The molecule has 8 aromatic carbocycles. The summed E-state index contributed by atoms with van der Waals surface area (Å²) in [5.41, 5.74) is 24.2. The highest BCUT2D eigenvalue weighted by Gasteiger charge is 2.24. The molecule has 1 unspecified atom stereocenters. The minimum atomic E-state index is 0.251. The molecule has 7 aromatic heterocycles. The first-order valence-electron chi connectivity index (χ1n) is 28.0. The number of nitrogens with zero attached hydrogens (tertiary/aromatic N) is 6. The van der Waals surface area contributed by atoms with Crippen LogP contribution in [0.15, 0.2) is 251 Å². The van der Waals surface area contributed by atoms with Gasteiger partial charge in [-0.25, -0.2) is 0 Å². The lowest BCUT2D eigenvalue weighted by atomic mass is 9.89. The zero-order chi connectivity index (χ0) is 53.8. The van der Waals surface area contributed by atoms with Gasteiger partial charge in [-0.15, -0.1) is 0 Å². The molecule has 1 aliphatic carbocycles. The fraction of sp³-hybridized carbons (Fsp3) is 0.0541. The summed E-state index contributed by atoms with van der Waals surface area (Å²) in [4.78, 5) is 18.1. The van der Waals surface area contributed by atoms with Crippen molar-refractivity contribution in [2.75, 3.05) is 0 Å². The second kappa shape index (κ2) is 18.4. The van der Waals surface area contributed by atoms with Gasteiger partial charge in [0.1, 0.15) is 22.3 Å². The van der Waals surface area contributed by atoms with Crippen molar-refractivity contribution in [1.82, 2.24) is 24.1 Å². The van der Waals surface area contributed by atoms with Crippen molar-refractivity contribution in [3.05, 3.63) is 260 Å². The minimum absolute atomic E-state index is 0.251. The van der Waals surface area contributed by atoms with Crippen molar-refractivity contribution < 1.29 is 8.83 Å². The monoisotopic (exact) mass is 1050 g/mol. The smallest absolute Gasteiger partial charge is 0.135 e. The van der Waals surface area contributed by atoms with Gasteiger partial charge in [-0.2, -0.15) is 0 Å². The minimum Gasteiger partial charge on any atom is -0.456 e. The fourth-order valence-electron chi connectivity index (χ4n) is 13.1. The molecule has 8 nitrogen and oxygen atoms in total. The second-order valence-corrected chi connectivity index (χ2v) is 21.8. The molecule has 0 spiro atoms. The van der Waals surface area contributed by atoms with Crippen LogP contribution in [0.1, 0.15) is 41.1 Å². The molecule has 8 heterocycles. The summed E-state index contributed by atoms with van der Waals surface area (Å²) in [5.74, 6) is 0.251. The van der Waals surface area contributed by atoms with E-state index in [1.807, 2.05) is 49.5 Å². The third-order valence-electron chi connectivity index (χ3n) is 17.1. The van der Waals surface area contributed by atoms with Gasteiger partial charge in [0, 0.05) is 133 Å². The number of pyridine rings is 3. The van der Waals surface area contributed by atoms with Crippen molar-refractivity contribution in [3.8, 4) is 55.9 Å². The molecule has 1 aliphatic heterocycles. The summed E-state index contributed by atoms with van der Waals surface area (Å²) in [7, 11) is 0. The Morgan fingerprint density at radius 2 is 0.951 bits per heavy atom. The molecular formula is C74H48N6O2. The number of hydrogen-bond acceptors (Lipinski definition) is 6. The maximum absolute atomic E-state index is 6.55. The molecule has 17 rings (SSSR count). The van der Waals surface area contributed by atoms with E-state index in [0.29, 0.717) is 0 Å². The van der Waals surface area contributed by atoms with Crippen molar-refractivity contribution in [2.24, 2.45) is 4.99 Å². The Bertz CT molecular complexity index is 5220. The summed E-state index contributed by atoms with van der Waals surface area (Å²) >= 11 is 0. The van der Waals surface area contributed by atoms with Crippen molar-refractivity contribution in [2.45, 2.75) is 25.2 Å². The van der Waals surface area contributed by atoms with Crippen LogP contribution in [0.4, 0.5) is 0 Å². The maximum atomic E-state index is 6.55. The van der Waals surface area contributed by atoms with Crippen LogP contribution in [0, 0.1) is 0 Å². The lowest BCUT2D eigenvalue weighted by Crippen LogP contribution is -2.06. The van der Waals surface area contributed by atoms with Crippen LogP contribution in [-0.4, -0.2) is 30.3 Å². The van der Waals surface area contributed by atoms with Gasteiger partial charge < -0.3 is 18.0 Å². The molecule has 2 aliphatic rings. The first-order chi connectivity index (χ1) is 40.6. The van der Waals surface area contributed by atoms with E-state index in [0.717, 1.165) is 130 Å². The Kier molecular flexibility index (Phi) is 10.4. The standard InChI is InChI=1S/C74H48N6O2/c1-3-14-67-59(12-1)61-33-49(53-31-55(43-77-41-53)51-10-6-28-75-39-51)16-22-69(61)79(67)57-20-26-73-65(37-57)63-35-47(18-24-71(63)81-73)45-8-5-9-46(30-45)48-19-25-72-64(36-48)66-38-58(21-27-74(66)82-72)80-68-15-4-2-13-60(68)62-34-50(17-23-70(62)80)54-32-56(44-78-42-54)52-11-7-29-76-40-52/h1-10,12-16,18-22,24-44,52H,11,17,23H2. The van der Waals surface area contributed by atoms with Crippen molar-refractivity contribution >= 4 is 94.4 Å². The van der Waals surface area contributed by atoms with E-state index in [1.54, 1.807) is 6.20 Å². The van der Waals surface area contributed by atoms with Gasteiger partial charge in [-0.3, -0.25) is 19.9 Å². The highest BCUT2D eigenvalue weighted by Crippen LogP contribution is 2.43. The number of hydrogen-bond donors (Lipinski definition) is 0. The van der Waals surface area contributed by atoms with Crippen LogP contribution in [0.2, 0.25) is 0 Å². The Morgan fingerprint density at radius 3 is 1.67 bits per heavy atom. The van der Waals surface area contributed by atoms with Crippen LogP contribution < -0.4 is 0 Å². The molecule has 0 bridgehead atoms. The molecule has 386 valence electrons. The SMILES string of the molecule is C1=CN=CC(c2cncc(C3=Cc4c(n(-c5ccc6oc7ccc(-c8cccc(-c9ccc%10oc%11ccc(-n%12c%13ccccc%13c%13cc(-c%14cncc(-c%15cccnc%15)c%14)ccc%13%12)cc%11c%10c9)c8)cc7c6c5)c5ccccc45)CC3)c2)C1. The number of allylic oxidation sites excluding steroid dienone is 2.